The van der Waals surface area contributed by atoms with Crippen molar-refractivity contribution in [3.63, 3.8) is 0 Å². The summed E-state index contributed by atoms with van der Waals surface area (Å²) in [5.41, 5.74) is 0.890. The Kier molecular flexibility index (Phi) is 8.08. The van der Waals surface area contributed by atoms with E-state index in [1.54, 1.807) is 30.3 Å². The third-order valence-corrected chi connectivity index (χ3v) is 3.89. The lowest BCUT2D eigenvalue weighted by atomic mass is 10.0. The fourth-order valence-electron chi connectivity index (χ4n) is 2.48. The van der Waals surface area contributed by atoms with Gasteiger partial charge < -0.3 is 20.1 Å². The molecule has 0 saturated carbocycles. The number of rotatable bonds is 9. The average molecular weight is 406 g/mol. The summed E-state index contributed by atoms with van der Waals surface area (Å²) >= 11 is 0. The summed E-state index contributed by atoms with van der Waals surface area (Å²) < 4.78 is 33.1. The van der Waals surface area contributed by atoms with Crippen LogP contribution in [0.15, 0.2) is 54.6 Å². The number of ether oxygens (including phenoxy) is 2. The van der Waals surface area contributed by atoms with Crippen LogP contribution in [0.1, 0.15) is 28.4 Å². The van der Waals surface area contributed by atoms with Crippen LogP contribution in [0.2, 0.25) is 0 Å². The minimum Gasteiger partial charge on any atom is -0.469 e. The molecule has 0 unspecified atom stereocenters. The molecule has 7 nitrogen and oxygen atoms in total. The molecular weight excluding hydrogens is 386 g/mol. The Hall–Kier alpha value is -3.49. The first-order valence-electron chi connectivity index (χ1n) is 8.63. The molecule has 9 heteroatoms. The summed E-state index contributed by atoms with van der Waals surface area (Å²) in [7, 11) is 1.25. The number of carbonyl (C=O) groups is 3. The van der Waals surface area contributed by atoms with Gasteiger partial charge in [0.1, 0.15) is 5.75 Å². The predicted molar refractivity (Wildman–Crippen MR) is 99.4 cm³/mol. The van der Waals surface area contributed by atoms with Crippen LogP contribution in [-0.4, -0.2) is 38.0 Å². The SMILES string of the molecule is COC(=O)C[C@H](NC(=O)CNC(=O)c1ccc(OC(F)F)cc1)c1ccccc1. The van der Waals surface area contributed by atoms with Gasteiger partial charge in [-0.25, -0.2) is 0 Å². The van der Waals surface area contributed by atoms with E-state index in [2.05, 4.69) is 20.1 Å². The molecule has 0 spiro atoms. The van der Waals surface area contributed by atoms with E-state index in [0.717, 1.165) is 0 Å². The fourth-order valence-corrected chi connectivity index (χ4v) is 2.48. The number of esters is 1. The van der Waals surface area contributed by atoms with Gasteiger partial charge in [-0.2, -0.15) is 8.78 Å². The molecule has 0 aromatic heterocycles. The molecule has 0 aliphatic rings. The van der Waals surface area contributed by atoms with E-state index in [0.29, 0.717) is 5.56 Å². The van der Waals surface area contributed by atoms with E-state index in [1.165, 1.54) is 31.4 Å². The van der Waals surface area contributed by atoms with E-state index >= 15 is 0 Å². The maximum atomic E-state index is 12.2. The first kappa shape index (κ1) is 21.8. The van der Waals surface area contributed by atoms with Gasteiger partial charge in [0, 0.05) is 5.56 Å². The first-order chi connectivity index (χ1) is 13.9. The van der Waals surface area contributed by atoms with Crippen molar-refractivity contribution in [3.8, 4) is 5.75 Å². The molecule has 2 aromatic rings. The topological polar surface area (TPSA) is 93.7 Å². The molecular formula is C20H20F2N2O5. The number of amides is 2. The molecule has 2 rings (SSSR count). The molecule has 2 N–H and O–H groups in total. The summed E-state index contributed by atoms with van der Waals surface area (Å²) in [6.07, 6.45) is -0.0637. The highest BCUT2D eigenvalue weighted by atomic mass is 19.3. The molecule has 0 aliphatic heterocycles. The van der Waals surface area contributed by atoms with Crippen molar-refractivity contribution in [1.82, 2.24) is 10.6 Å². The summed E-state index contributed by atoms with van der Waals surface area (Å²) in [6, 6.07) is 13.3. The second kappa shape index (κ2) is 10.7. The Balaban J connectivity index is 1.92. The van der Waals surface area contributed by atoms with Crippen LogP contribution in [0, 0.1) is 0 Å². The lowest BCUT2D eigenvalue weighted by Crippen LogP contribution is -2.39. The zero-order valence-corrected chi connectivity index (χ0v) is 15.6. The summed E-state index contributed by atoms with van der Waals surface area (Å²) in [5, 5.41) is 5.11. The fraction of sp³-hybridized carbons (Fsp3) is 0.250. The number of nitrogens with one attached hydrogen (secondary N) is 2. The van der Waals surface area contributed by atoms with Crippen molar-refractivity contribution in [2.75, 3.05) is 13.7 Å². The lowest BCUT2D eigenvalue weighted by Gasteiger charge is -2.18. The molecule has 2 aromatic carbocycles. The molecule has 0 fully saturated rings. The number of carbonyl (C=O) groups excluding carboxylic acids is 3. The number of halogens is 2. The molecule has 0 heterocycles. The molecule has 1 atom stereocenters. The van der Waals surface area contributed by atoms with Crippen molar-refractivity contribution in [2.45, 2.75) is 19.1 Å². The van der Waals surface area contributed by atoms with Crippen molar-refractivity contribution >= 4 is 17.8 Å². The van der Waals surface area contributed by atoms with Crippen LogP contribution in [0.3, 0.4) is 0 Å². The smallest absolute Gasteiger partial charge is 0.387 e. The quantitative estimate of drug-likeness (QED) is 0.624. The maximum Gasteiger partial charge on any atom is 0.387 e. The van der Waals surface area contributed by atoms with Gasteiger partial charge in [0.2, 0.25) is 5.91 Å². The molecule has 0 radical (unpaired) electrons. The molecule has 0 aliphatic carbocycles. The normalized spacial score (nSPS) is 11.4. The number of hydrogen-bond donors (Lipinski definition) is 2. The van der Waals surface area contributed by atoms with Gasteiger partial charge >= 0.3 is 12.6 Å². The highest BCUT2D eigenvalue weighted by Crippen LogP contribution is 2.17. The Bertz CT molecular complexity index is 829. The predicted octanol–water partition coefficient (Wildman–Crippen LogP) is 2.44. The first-order valence-corrected chi connectivity index (χ1v) is 8.63. The van der Waals surface area contributed by atoms with Gasteiger partial charge in [-0.15, -0.1) is 0 Å². The van der Waals surface area contributed by atoms with Gasteiger partial charge in [-0.3, -0.25) is 14.4 Å². The molecule has 29 heavy (non-hydrogen) atoms. The van der Waals surface area contributed by atoms with Crippen LogP contribution >= 0.6 is 0 Å². The second-order valence-corrected chi connectivity index (χ2v) is 5.90. The van der Waals surface area contributed by atoms with E-state index < -0.39 is 30.4 Å². The highest BCUT2D eigenvalue weighted by molar-refractivity contribution is 5.96. The Labute approximate surface area is 166 Å². The average Bonchev–Trinajstić information content (AvgIpc) is 2.72. The lowest BCUT2D eigenvalue weighted by molar-refractivity contribution is -0.141. The van der Waals surface area contributed by atoms with Gasteiger partial charge in [0.25, 0.3) is 5.91 Å². The van der Waals surface area contributed by atoms with Gasteiger partial charge in [-0.05, 0) is 29.8 Å². The van der Waals surface area contributed by atoms with Gasteiger partial charge in [0.15, 0.2) is 0 Å². The third kappa shape index (κ3) is 7.21. The number of alkyl halides is 2. The van der Waals surface area contributed by atoms with Crippen molar-refractivity contribution in [3.05, 3.63) is 65.7 Å². The minimum atomic E-state index is -2.96. The summed E-state index contributed by atoms with van der Waals surface area (Å²) in [6.45, 7) is -3.29. The second-order valence-electron chi connectivity index (χ2n) is 5.90. The van der Waals surface area contributed by atoms with Crippen LogP contribution < -0.4 is 15.4 Å². The van der Waals surface area contributed by atoms with Crippen LogP contribution in [0.5, 0.6) is 5.75 Å². The zero-order chi connectivity index (χ0) is 21.2. The molecule has 0 bridgehead atoms. The number of hydrogen-bond acceptors (Lipinski definition) is 5. The Morgan fingerprint density at radius 3 is 2.24 bits per heavy atom. The van der Waals surface area contributed by atoms with E-state index in [-0.39, 0.29) is 24.3 Å². The van der Waals surface area contributed by atoms with E-state index in [4.69, 9.17) is 0 Å². The largest absolute Gasteiger partial charge is 0.469 e. The monoisotopic (exact) mass is 406 g/mol. The molecule has 0 saturated heterocycles. The number of benzene rings is 2. The summed E-state index contributed by atoms with van der Waals surface area (Å²) in [4.78, 5) is 36.0. The van der Waals surface area contributed by atoms with E-state index in [9.17, 15) is 23.2 Å². The van der Waals surface area contributed by atoms with Gasteiger partial charge in [-0.1, -0.05) is 30.3 Å². The van der Waals surface area contributed by atoms with Crippen molar-refractivity contribution in [1.29, 1.82) is 0 Å². The maximum absolute atomic E-state index is 12.2. The molecule has 154 valence electrons. The van der Waals surface area contributed by atoms with Crippen LogP contribution in [0.4, 0.5) is 8.78 Å². The standard InChI is InChI=1S/C20H20F2N2O5/c1-28-18(26)11-16(13-5-3-2-4-6-13)24-17(25)12-23-19(27)14-7-9-15(10-8-14)29-20(21)22/h2-10,16,20H,11-12H2,1H3,(H,23,27)(H,24,25)/t16-/m0/s1. The zero-order valence-electron chi connectivity index (χ0n) is 15.6. The third-order valence-electron chi connectivity index (χ3n) is 3.89. The molecule has 2 amide bonds. The minimum absolute atomic E-state index is 0.0637. The number of methoxy groups -OCH3 is 1. The van der Waals surface area contributed by atoms with E-state index in [1.807, 2.05) is 0 Å². The Morgan fingerprint density at radius 2 is 1.66 bits per heavy atom. The van der Waals surface area contributed by atoms with Gasteiger partial charge in [0.05, 0.1) is 26.1 Å². The van der Waals surface area contributed by atoms with Crippen molar-refractivity contribution in [2.24, 2.45) is 0 Å². The highest BCUT2D eigenvalue weighted by Gasteiger charge is 2.19. The summed E-state index contributed by atoms with van der Waals surface area (Å²) in [5.74, 6) is -1.64. The van der Waals surface area contributed by atoms with Crippen molar-refractivity contribution < 1.29 is 32.6 Å². The van der Waals surface area contributed by atoms with Crippen LogP contribution in [-0.2, 0) is 14.3 Å². The van der Waals surface area contributed by atoms with Crippen LogP contribution in [0.25, 0.3) is 0 Å². The Morgan fingerprint density at radius 1 is 1.00 bits per heavy atom.